The molecule has 146 valence electrons. The van der Waals surface area contributed by atoms with E-state index in [1.54, 1.807) is 25.4 Å². The van der Waals surface area contributed by atoms with Crippen LogP contribution >= 0.6 is 0 Å². The van der Waals surface area contributed by atoms with Crippen molar-refractivity contribution in [3.8, 4) is 11.5 Å². The highest BCUT2D eigenvalue weighted by Crippen LogP contribution is 2.26. The topological polar surface area (TPSA) is 109 Å². The summed E-state index contributed by atoms with van der Waals surface area (Å²) in [7, 11) is 0. The number of pyridine rings is 1. The van der Waals surface area contributed by atoms with E-state index in [0.29, 0.717) is 22.9 Å². The van der Waals surface area contributed by atoms with Crippen molar-refractivity contribution >= 4 is 11.9 Å². The molecule has 0 fully saturated rings. The first kappa shape index (κ1) is 18.4. The first-order valence-electron chi connectivity index (χ1n) is 9.08. The van der Waals surface area contributed by atoms with Crippen LogP contribution in [0.15, 0.2) is 76.8 Å². The lowest BCUT2D eigenvalue weighted by Gasteiger charge is -2.28. The van der Waals surface area contributed by atoms with E-state index in [9.17, 15) is 9.59 Å². The van der Waals surface area contributed by atoms with E-state index < -0.39 is 6.04 Å². The van der Waals surface area contributed by atoms with Gasteiger partial charge in [-0.1, -0.05) is 24.3 Å². The molecule has 1 aliphatic heterocycles. The molecule has 0 saturated heterocycles. The molecular formula is C21H19N5O3. The van der Waals surface area contributed by atoms with E-state index >= 15 is 0 Å². The predicted molar refractivity (Wildman–Crippen MR) is 105 cm³/mol. The summed E-state index contributed by atoms with van der Waals surface area (Å²) in [6.45, 7) is 1.89. The van der Waals surface area contributed by atoms with Gasteiger partial charge >= 0.3 is 6.03 Å². The average molecular weight is 389 g/mol. The van der Waals surface area contributed by atoms with Gasteiger partial charge in [-0.2, -0.15) is 0 Å². The van der Waals surface area contributed by atoms with Crippen LogP contribution in [0.2, 0.25) is 0 Å². The lowest BCUT2D eigenvalue weighted by atomic mass is 9.96. The number of nitrogens with zero attached hydrogens (tertiary/aromatic N) is 2. The minimum atomic E-state index is -0.588. The molecule has 3 aromatic rings. The number of allylic oxidation sites excluding steroid dienone is 1. The van der Waals surface area contributed by atoms with Crippen molar-refractivity contribution in [2.75, 3.05) is 0 Å². The molecule has 0 radical (unpaired) electrons. The number of carbonyl (C=O) groups is 2. The van der Waals surface area contributed by atoms with Gasteiger partial charge in [-0.3, -0.25) is 9.78 Å². The lowest BCUT2D eigenvalue weighted by molar-refractivity contribution is -0.118. The van der Waals surface area contributed by atoms with Crippen molar-refractivity contribution < 1.29 is 14.0 Å². The van der Waals surface area contributed by atoms with Crippen molar-refractivity contribution in [1.82, 2.24) is 25.9 Å². The highest BCUT2D eigenvalue weighted by molar-refractivity contribution is 5.98. The zero-order valence-corrected chi connectivity index (χ0v) is 15.7. The van der Waals surface area contributed by atoms with Crippen LogP contribution in [0.25, 0.3) is 11.5 Å². The molecule has 29 heavy (non-hydrogen) atoms. The second-order valence-corrected chi connectivity index (χ2v) is 6.55. The third-order valence-corrected chi connectivity index (χ3v) is 4.53. The zero-order chi connectivity index (χ0) is 20.2. The number of hydrogen-bond donors (Lipinski definition) is 3. The van der Waals surface area contributed by atoms with Crippen LogP contribution in [0.3, 0.4) is 0 Å². The minimum Gasteiger partial charge on any atom is -0.444 e. The average Bonchev–Trinajstić information content (AvgIpc) is 3.22. The molecule has 1 unspecified atom stereocenters. The van der Waals surface area contributed by atoms with Crippen LogP contribution in [0.1, 0.15) is 24.2 Å². The van der Waals surface area contributed by atoms with Gasteiger partial charge in [-0.25, -0.2) is 9.78 Å². The fourth-order valence-corrected chi connectivity index (χ4v) is 3.16. The second-order valence-electron chi connectivity index (χ2n) is 6.55. The Morgan fingerprint density at radius 3 is 2.79 bits per heavy atom. The largest absolute Gasteiger partial charge is 0.444 e. The SMILES string of the molecule is CC1=C(C(=O)NCc2coc(-c3ccccc3)n2)C(c2cccnc2)NC(=O)N1. The van der Waals surface area contributed by atoms with Gasteiger partial charge < -0.3 is 20.4 Å². The Labute approximate surface area is 167 Å². The van der Waals surface area contributed by atoms with Gasteiger partial charge in [-0.05, 0) is 30.7 Å². The zero-order valence-electron chi connectivity index (χ0n) is 15.7. The van der Waals surface area contributed by atoms with Crippen molar-refractivity contribution in [3.05, 3.63) is 83.6 Å². The molecule has 0 saturated carbocycles. The molecule has 2 aromatic heterocycles. The third kappa shape index (κ3) is 4.01. The molecule has 3 heterocycles. The van der Waals surface area contributed by atoms with E-state index in [0.717, 1.165) is 11.1 Å². The summed E-state index contributed by atoms with van der Waals surface area (Å²) in [6.07, 6.45) is 4.78. The Bertz CT molecular complexity index is 1060. The van der Waals surface area contributed by atoms with Crippen LogP contribution < -0.4 is 16.0 Å². The number of urea groups is 1. The first-order valence-corrected chi connectivity index (χ1v) is 9.08. The molecule has 0 bridgehead atoms. The number of benzene rings is 1. The molecule has 3 amide bonds. The highest BCUT2D eigenvalue weighted by atomic mass is 16.3. The molecule has 8 nitrogen and oxygen atoms in total. The standard InChI is InChI=1S/C21H19N5O3/c1-13-17(18(26-21(28)24-13)15-8-5-9-22-10-15)19(27)23-11-16-12-29-20(25-16)14-6-3-2-4-7-14/h2-10,12,18H,11H2,1H3,(H,23,27)(H2,24,26,28). The summed E-state index contributed by atoms with van der Waals surface area (Å²) in [5.41, 5.74) is 3.09. The van der Waals surface area contributed by atoms with Crippen LogP contribution in [0.4, 0.5) is 4.79 Å². The maximum atomic E-state index is 12.9. The summed E-state index contributed by atoms with van der Waals surface area (Å²) in [6, 6.07) is 12.1. The van der Waals surface area contributed by atoms with Crippen molar-refractivity contribution in [1.29, 1.82) is 0 Å². The van der Waals surface area contributed by atoms with Gasteiger partial charge in [0.2, 0.25) is 5.89 Å². The minimum absolute atomic E-state index is 0.194. The van der Waals surface area contributed by atoms with Crippen LogP contribution in [0, 0.1) is 0 Å². The molecule has 4 rings (SSSR count). The number of amides is 3. The van der Waals surface area contributed by atoms with E-state index in [1.807, 2.05) is 36.4 Å². The Morgan fingerprint density at radius 1 is 1.21 bits per heavy atom. The fraction of sp³-hybridized carbons (Fsp3) is 0.143. The smallest absolute Gasteiger partial charge is 0.319 e. The summed E-state index contributed by atoms with van der Waals surface area (Å²) in [4.78, 5) is 33.3. The normalized spacial score (nSPS) is 16.2. The number of hydrogen-bond acceptors (Lipinski definition) is 5. The predicted octanol–water partition coefficient (Wildman–Crippen LogP) is 2.68. The summed E-state index contributed by atoms with van der Waals surface area (Å²) < 4.78 is 5.50. The Balaban J connectivity index is 1.50. The maximum Gasteiger partial charge on any atom is 0.319 e. The Kier molecular flexibility index (Phi) is 5.07. The molecular weight excluding hydrogens is 370 g/mol. The van der Waals surface area contributed by atoms with Gasteiger partial charge in [0.25, 0.3) is 5.91 Å². The van der Waals surface area contributed by atoms with Gasteiger partial charge in [0, 0.05) is 23.7 Å². The number of carbonyl (C=O) groups excluding carboxylic acids is 2. The van der Waals surface area contributed by atoms with Crippen molar-refractivity contribution in [2.45, 2.75) is 19.5 Å². The summed E-state index contributed by atoms with van der Waals surface area (Å²) in [5, 5.41) is 8.27. The summed E-state index contributed by atoms with van der Waals surface area (Å²) in [5.74, 6) is 0.179. The molecule has 1 atom stereocenters. The summed E-state index contributed by atoms with van der Waals surface area (Å²) >= 11 is 0. The number of rotatable bonds is 5. The van der Waals surface area contributed by atoms with Crippen molar-refractivity contribution in [2.24, 2.45) is 0 Å². The molecule has 8 heteroatoms. The number of nitrogens with one attached hydrogen (secondary N) is 3. The molecule has 0 spiro atoms. The lowest BCUT2D eigenvalue weighted by Crippen LogP contribution is -2.46. The second kappa shape index (κ2) is 7.97. The Morgan fingerprint density at radius 2 is 2.03 bits per heavy atom. The monoisotopic (exact) mass is 389 g/mol. The van der Waals surface area contributed by atoms with Gasteiger partial charge in [0.1, 0.15) is 6.26 Å². The van der Waals surface area contributed by atoms with Crippen LogP contribution in [-0.4, -0.2) is 21.9 Å². The van der Waals surface area contributed by atoms with Gasteiger partial charge in [0.15, 0.2) is 0 Å². The molecule has 0 aliphatic carbocycles. The van der Waals surface area contributed by atoms with Crippen LogP contribution in [-0.2, 0) is 11.3 Å². The molecule has 1 aromatic carbocycles. The van der Waals surface area contributed by atoms with E-state index in [2.05, 4.69) is 25.9 Å². The third-order valence-electron chi connectivity index (χ3n) is 4.53. The quantitative estimate of drug-likeness (QED) is 0.622. The van der Waals surface area contributed by atoms with Gasteiger partial charge in [0.05, 0.1) is 23.9 Å². The van der Waals surface area contributed by atoms with Crippen LogP contribution in [0.5, 0.6) is 0 Å². The number of aromatic nitrogens is 2. The maximum absolute atomic E-state index is 12.9. The van der Waals surface area contributed by atoms with E-state index in [-0.39, 0.29) is 18.5 Å². The van der Waals surface area contributed by atoms with E-state index in [4.69, 9.17) is 4.42 Å². The first-order chi connectivity index (χ1) is 14.1. The highest BCUT2D eigenvalue weighted by Gasteiger charge is 2.31. The number of oxazole rings is 1. The van der Waals surface area contributed by atoms with E-state index in [1.165, 1.54) is 6.26 Å². The molecule has 3 N–H and O–H groups in total. The van der Waals surface area contributed by atoms with Crippen molar-refractivity contribution in [3.63, 3.8) is 0 Å². The molecule has 1 aliphatic rings. The Hall–Kier alpha value is -3.94. The van der Waals surface area contributed by atoms with Gasteiger partial charge in [-0.15, -0.1) is 0 Å². The fourth-order valence-electron chi connectivity index (χ4n) is 3.16.